The summed E-state index contributed by atoms with van der Waals surface area (Å²) in [5.41, 5.74) is 3.35. The molecule has 44 heavy (non-hydrogen) atoms. The maximum absolute atomic E-state index is 13.3. The van der Waals surface area contributed by atoms with Gasteiger partial charge in [-0.15, -0.1) is 11.8 Å². The van der Waals surface area contributed by atoms with E-state index < -0.39 is 22.5 Å². The minimum Gasteiger partial charge on any atom is -0.459 e. The minimum atomic E-state index is -0.786. The molecule has 8 nitrogen and oxygen atoms in total. The second kappa shape index (κ2) is 12.9. The number of ether oxygens (including phenoxy) is 1. The van der Waals surface area contributed by atoms with Crippen molar-refractivity contribution in [2.45, 2.75) is 30.7 Å². The summed E-state index contributed by atoms with van der Waals surface area (Å²) < 4.78 is 5.61. The maximum Gasteiger partial charge on any atom is 0.334 e. The number of β-lactam (4-membered cyclic amide) rings is 1. The second-order valence-corrected chi connectivity index (χ2v) is 11.9. The van der Waals surface area contributed by atoms with Crippen molar-refractivity contribution in [3.05, 3.63) is 159 Å². The number of nitrogens with one attached hydrogen (secondary N) is 1. The predicted octanol–water partition coefficient (Wildman–Crippen LogP) is 5.82. The first-order valence-corrected chi connectivity index (χ1v) is 15.4. The molecule has 0 radical (unpaired) electrons. The Morgan fingerprint density at radius 1 is 0.886 bits per heavy atom. The van der Waals surface area contributed by atoms with E-state index in [2.05, 4.69) is 41.7 Å². The van der Waals surface area contributed by atoms with Gasteiger partial charge >= 0.3 is 5.97 Å². The highest BCUT2D eigenvalue weighted by Gasteiger charge is 2.50. The number of carbonyl (C=O) groups excluding carboxylic acids is 2. The highest BCUT2D eigenvalue weighted by Crippen LogP contribution is 2.41. The molecule has 0 bridgehead atoms. The Hall–Kier alpha value is -4.73. The Bertz CT molecular complexity index is 1570. The van der Waals surface area contributed by atoms with Gasteiger partial charge in [0.25, 0.3) is 5.69 Å². The number of hydrogen-bond acceptors (Lipinski definition) is 7. The molecule has 222 valence electrons. The quantitative estimate of drug-likeness (QED) is 0.0542. The van der Waals surface area contributed by atoms with E-state index in [1.165, 1.54) is 12.1 Å². The van der Waals surface area contributed by atoms with Crippen molar-refractivity contribution in [1.29, 1.82) is 0 Å². The van der Waals surface area contributed by atoms with Gasteiger partial charge < -0.3 is 9.64 Å². The molecule has 2 atom stereocenters. The third kappa shape index (κ3) is 5.76. The highest BCUT2D eigenvalue weighted by atomic mass is 32.2. The van der Waals surface area contributed by atoms with Crippen molar-refractivity contribution >= 4 is 29.3 Å². The first-order valence-electron chi connectivity index (χ1n) is 14.4. The van der Waals surface area contributed by atoms with Crippen molar-refractivity contribution < 1.29 is 19.2 Å². The number of carbonyl (C=O) groups is 2. The number of rotatable bonds is 12. The number of esters is 1. The SMILES string of the molecule is O=C(OCc1ccc([N+](=O)[O-])cc1)[C@@H]1C(SCCNC(c2ccccc2)(c2ccccc2)c2ccccc2)=CC2CC(=O)N21. The molecule has 0 aliphatic carbocycles. The fourth-order valence-electron chi connectivity index (χ4n) is 5.93. The number of hydrogen-bond donors (Lipinski definition) is 1. The summed E-state index contributed by atoms with van der Waals surface area (Å²) in [7, 11) is 0. The first-order chi connectivity index (χ1) is 21.5. The topological polar surface area (TPSA) is 102 Å². The van der Waals surface area contributed by atoms with Crippen molar-refractivity contribution in [3.63, 3.8) is 0 Å². The molecule has 1 N–H and O–H groups in total. The summed E-state index contributed by atoms with van der Waals surface area (Å²) in [5.74, 6) is 0.0763. The average molecular weight is 606 g/mol. The first kappa shape index (κ1) is 29.3. The molecule has 2 heterocycles. The fraction of sp³-hybridized carbons (Fsp3) is 0.200. The van der Waals surface area contributed by atoms with Gasteiger partial charge in [0.1, 0.15) is 6.61 Å². The molecule has 2 aliphatic rings. The van der Waals surface area contributed by atoms with E-state index in [1.54, 1.807) is 28.8 Å². The molecular weight excluding hydrogens is 574 g/mol. The second-order valence-electron chi connectivity index (χ2n) is 10.7. The van der Waals surface area contributed by atoms with Gasteiger partial charge in [-0.1, -0.05) is 91.0 Å². The van der Waals surface area contributed by atoms with Gasteiger partial charge in [-0.05, 0) is 40.5 Å². The largest absolute Gasteiger partial charge is 0.459 e. The number of fused-ring (bicyclic) bond motifs is 1. The van der Waals surface area contributed by atoms with Gasteiger partial charge in [-0.2, -0.15) is 0 Å². The smallest absolute Gasteiger partial charge is 0.334 e. The zero-order chi connectivity index (χ0) is 30.5. The Kier molecular flexibility index (Phi) is 8.58. The van der Waals surface area contributed by atoms with E-state index in [-0.39, 0.29) is 24.2 Å². The molecule has 2 aliphatic heterocycles. The lowest BCUT2D eigenvalue weighted by atomic mass is 9.77. The number of thioether (sulfide) groups is 1. The molecule has 0 spiro atoms. The number of amides is 1. The molecule has 6 rings (SSSR count). The van der Waals surface area contributed by atoms with Crippen LogP contribution in [0.5, 0.6) is 0 Å². The van der Waals surface area contributed by atoms with Gasteiger partial charge in [0.05, 0.1) is 22.9 Å². The maximum atomic E-state index is 13.3. The van der Waals surface area contributed by atoms with E-state index in [0.717, 1.165) is 21.6 Å². The van der Waals surface area contributed by atoms with Gasteiger partial charge in [-0.25, -0.2) is 4.79 Å². The molecule has 0 aromatic heterocycles. The molecule has 0 saturated carbocycles. The standard InChI is InChI=1S/C35H31N3O5S/c39-32-23-30-22-31(33(37(30)32)34(40)43-24-25-16-18-29(19-17-25)38(41)42)44-21-20-36-35(26-10-4-1-5-11-26,27-12-6-2-7-13-27)28-14-8-3-9-15-28/h1-19,22,30,33,36H,20-21,23-24H2/t30?,33-/m0/s1. The van der Waals surface area contributed by atoms with Crippen LogP contribution in [-0.2, 0) is 26.5 Å². The number of non-ortho nitro benzene ring substituents is 1. The monoisotopic (exact) mass is 605 g/mol. The van der Waals surface area contributed by atoms with Crippen molar-refractivity contribution in [3.8, 4) is 0 Å². The highest BCUT2D eigenvalue weighted by molar-refractivity contribution is 8.03. The van der Waals surface area contributed by atoms with E-state index in [9.17, 15) is 19.7 Å². The Balaban J connectivity index is 1.17. The Morgan fingerprint density at radius 3 is 1.93 bits per heavy atom. The molecule has 1 saturated heterocycles. The molecule has 4 aromatic carbocycles. The summed E-state index contributed by atoms with van der Waals surface area (Å²) >= 11 is 1.55. The number of benzene rings is 4. The van der Waals surface area contributed by atoms with Crippen LogP contribution in [0.3, 0.4) is 0 Å². The Morgan fingerprint density at radius 2 is 1.43 bits per heavy atom. The summed E-state index contributed by atoms with van der Waals surface area (Å²) in [6, 6.07) is 36.1. The lowest BCUT2D eigenvalue weighted by molar-refractivity contribution is -0.384. The normalized spacial score (nSPS) is 17.4. The third-order valence-corrected chi connectivity index (χ3v) is 9.17. The summed E-state index contributed by atoms with van der Waals surface area (Å²) in [6.07, 6.45) is 2.39. The van der Waals surface area contributed by atoms with Crippen molar-refractivity contribution in [2.75, 3.05) is 12.3 Å². The molecular formula is C35H31N3O5S. The number of nitrogens with zero attached hydrogens (tertiary/aromatic N) is 2. The lowest BCUT2D eigenvalue weighted by Crippen LogP contribution is -2.55. The Labute approximate surface area is 259 Å². The molecule has 1 unspecified atom stereocenters. The fourth-order valence-corrected chi connectivity index (χ4v) is 6.99. The van der Waals surface area contributed by atoms with Crippen LogP contribution in [0.4, 0.5) is 5.69 Å². The van der Waals surface area contributed by atoms with Crippen molar-refractivity contribution in [2.24, 2.45) is 0 Å². The number of nitro groups is 1. The summed E-state index contributed by atoms with van der Waals surface area (Å²) in [5, 5.41) is 14.8. The van der Waals surface area contributed by atoms with Crippen molar-refractivity contribution in [1.82, 2.24) is 10.2 Å². The number of nitro benzene ring substituents is 1. The predicted molar refractivity (Wildman–Crippen MR) is 170 cm³/mol. The molecule has 4 aromatic rings. The molecule has 1 amide bonds. The van der Waals surface area contributed by atoms with Crippen LogP contribution < -0.4 is 5.32 Å². The summed E-state index contributed by atoms with van der Waals surface area (Å²) in [4.78, 5) is 38.6. The average Bonchev–Trinajstić information content (AvgIpc) is 3.37. The van der Waals surface area contributed by atoms with E-state index in [0.29, 0.717) is 24.3 Å². The van der Waals surface area contributed by atoms with E-state index >= 15 is 0 Å². The molecule has 1 fully saturated rings. The summed E-state index contributed by atoms with van der Waals surface area (Å²) in [6.45, 7) is 0.580. The zero-order valence-corrected chi connectivity index (χ0v) is 24.7. The van der Waals surface area contributed by atoms with Crippen LogP contribution in [0.2, 0.25) is 0 Å². The van der Waals surface area contributed by atoms with Crippen LogP contribution in [0.1, 0.15) is 28.7 Å². The van der Waals surface area contributed by atoms with Crippen LogP contribution in [0, 0.1) is 10.1 Å². The van der Waals surface area contributed by atoms with Crippen LogP contribution in [0.15, 0.2) is 126 Å². The van der Waals surface area contributed by atoms with Crippen LogP contribution >= 0.6 is 11.8 Å². The zero-order valence-electron chi connectivity index (χ0n) is 23.9. The third-order valence-electron chi connectivity index (χ3n) is 8.07. The van der Waals surface area contributed by atoms with Gasteiger partial charge in [-0.3, -0.25) is 20.2 Å². The van der Waals surface area contributed by atoms with Gasteiger partial charge in [0, 0.05) is 29.3 Å². The minimum absolute atomic E-state index is 0.0315. The van der Waals surface area contributed by atoms with E-state index in [1.807, 2.05) is 60.7 Å². The van der Waals surface area contributed by atoms with Gasteiger partial charge in [0.15, 0.2) is 6.04 Å². The lowest BCUT2D eigenvalue weighted by Gasteiger charge is -2.38. The van der Waals surface area contributed by atoms with E-state index in [4.69, 9.17) is 4.74 Å². The van der Waals surface area contributed by atoms with Crippen LogP contribution in [-0.4, -0.2) is 46.1 Å². The van der Waals surface area contributed by atoms with Crippen LogP contribution in [0.25, 0.3) is 0 Å². The molecule has 9 heteroatoms. The van der Waals surface area contributed by atoms with Gasteiger partial charge in [0.2, 0.25) is 5.91 Å².